The van der Waals surface area contributed by atoms with Gasteiger partial charge in [0.25, 0.3) is 11.4 Å². The number of nitro benzene ring substituents is 2. The van der Waals surface area contributed by atoms with E-state index < -0.39 is 4.92 Å². The fourth-order valence-electron chi connectivity index (χ4n) is 3.46. The van der Waals surface area contributed by atoms with E-state index in [0.717, 1.165) is 44.3 Å². The van der Waals surface area contributed by atoms with E-state index >= 15 is 0 Å². The predicted octanol–water partition coefficient (Wildman–Crippen LogP) is 3.98. The van der Waals surface area contributed by atoms with Gasteiger partial charge in [-0.15, -0.1) is 0 Å². The standard InChI is InChI=1S/C20H23N3O5/c24-22(25)17-6-4-16(5-7-17)12-14-21-13-2-1-3-19(21)15-28-20-10-8-18(9-11-20)23(26)27/h4-11,19H,1-3,12-15H2. The van der Waals surface area contributed by atoms with E-state index in [9.17, 15) is 20.2 Å². The van der Waals surface area contributed by atoms with Crippen molar-refractivity contribution in [3.05, 3.63) is 74.3 Å². The molecule has 8 nitrogen and oxygen atoms in total. The van der Waals surface area contributed by atoms with Crippen molar-refractivity contribution >= 4 is 11.4 Å². The Morgan fingerprint density at radius 3 is 2.14 bits per heavy atom. The number of ether oxygens (including phenoxy) is 1. The minimum atomic E-state index is -0.426. The maximum absolute atomic E-state index is 10.8. The average Bonchev–Trinajstić information content (AvgIpc) is 2.72. The van der Waals surface area contributed by atoms with E-state index in [1.165, 1.54) is 12.1 Å². The summed E-state index contributed by atoms with van der Waals surface area (Å²) in [6.07, 6.45) is 4.18. The Balaban J connectivity index is 1.53. The van der Waals surface area contributed by atoms with E-state index in [1.807, 2.05) is 12.1 Å². The summed E-state index contributed by atoms with van der Waals surface area (Å²) in [6, 6.07) is 13.1. The number of benzene rings is 2. The second-order valence-electron chi connectivity index (χ2n) is 6.92. The Morgan fingerprint density at radius 1 is 0.929 bits per heavy atom. The minimum Gasteiger partial charge on any atom is -0.492 e. The summed E-state index contributed by atoms with van der Waals surface area (Å²) in [7, 11) is 0. The second-order valence-corrected chi connectivity index (χ2v) is 6.92. The fraction of sp³-hybridized carbons (Fsp3) is 0.400. The lowest BCUT2D eigenvalue weighted by Crippen LogP contribution is -2.44. The smallest absolute Gasteiger partial charge is 0.269 e. The topological polar surface area (TPSA) is 98.8 Å². The molecule has 2 aromatic carbocycles. The van der Waals surface area contributed by atoms with Gasteiger partial charge in [0.2, 0.25) is 0 Å². The monoisotopic (exact) mass is 385 g/mol. The molecular weight excluding hydrogens is 362 g/mol. The molecule has 1 fully saturated rings. The molecule has 3 rings (SSSR count). The Bertz CT molecular complexity index is 738. The minimum absolute atomic E-state index is 0.0507. The lowest BCUT2D eigenvalue weighted by Gasteiger charge is -2.35. The third-order valence-electron chi connectivity index (χ3n) is 5.07. The molecule has 0 aromatic heterocycles. The second kappa shape index (κ2) is 9.27. The molecule has 1 heterocycles. The van der Waals surface area contributed by atoms with Gasteiger partial charge in [-0.05, 0) is 43.5 Å². The highest BCUT2D eigenvalue weighted by atomic mass is 16.6. The van der Waals surface area contributed by atoms with Gasteiger partial charge in [-0.3, -0.25) is 25.1 Å². The molecule has 148 valence electrons. The van der Waals surface area contributed by atoms with Crippen LogP contribution >= 0.6 is 0 Å². The average molecular weight is 385 g/mol. The van der Waals surface area contributed by atoms with Crippen LogP contribution in [0.3, 0.4) is 0 Å². The first-order valence-corrected chi connectivity index (χ1v) is 9.37. The van der Waals surface area contributed by atoms with Crippen LogP contribution in [0.4, 0.5) is 11.4 Å². The molecule has 0 N–H and O–H groups in total. The lowest BCUT2D eigenvalue weighted by atomic mass is 10.0. The molecule has 1 atom stereocenters. The fourth-order valence-corrected chi connectivity index (χ4v) is 3.46. The zero-order chi connectivity index (χ0) is 19.9. The predicted molar refractivity (Wildman–Crippen MR) is 105 cm³/mol. The molecule has 0 amide bonds. The number of non-ortho nitro benzene ring substituents is 2. The van der Waals surface area contributed by atoms with Crippen molar-refractivity contribution in [3.63, 3.8) is 0 Å². The molecule has 0 saturated carbocycles. The van der Waals surface area contributed by atoms with Gasteiger partial charge in [0.05, 0.1) is 9.85 Å². The van der Waals surface area contributed by atoms with E-state index in [-0.39, 0.29) is 16.3 Å². The SMILES string of the molecule is O=[N+]([O-])c1ccc(CCN2CCCCC2COc2ccc([N+](=O)[O-])cc2)cc1. The summed E-state index contributed by atoms with van der Waals surface area (Å²) < 4.78 is 5.87. The van der Waals surface area contributed by atoms with Crippen LogP contribution in [0.5, 0.6) is 5.75 Å². The van der Waals surface area contributed by atoms with Crippen LogP contribution in [-0.4, -0.2) is 40.5 Å². The van der Waals surface area contributed by atoms with Crippen LogP contribution in [0, 0.1) is 20.2 Å². The first-order valence-electron chi connectivity index (χ1n) is 9.37. The van der Waals surface area contributed by atoms with Crippen molar-refractivity contribution in [1.29, 1.82) is 0 Å². The molecule has 1 aliphatic rings. The first-order chi connectivity index (χ1) is 13.5. The van der Waals surface area contributed by atoms with Crippen molar-refractivity contribution in [1.82, 2.24) is 4.90 Å². The third-order valence-corrected chi connectivity index (χ3v) is 5.07. The van der Waals surface area contributed by atoms with E-state index in [0.29, 0.717) is 18.4 Å². The number of likely N-dealkylation sites (tertiary alicyclic amines) is 1. The third kappa shape index (κ3) is 5.26. The first kappa shape index (κ1) is 19.8. The number of hydrogen-bond donors (Lipinski definition) is 0. The molecular formula is C20H23N3O5. The van der Waals surface area contributed by atoms with Crippen molar-refractivity contribution in [2.45, 2.75) is 31.7 Å². The maximum Gasteiger partial charge on any atom is 0.269 e. The molecule has 8 heteroatoms. The summed E-state index contributed by atoms with van der Waals surface area (Å²) in [5, 5.41) is 21.5. The summed E-state index contributed by atoms with van der Waals surface area (Å²) >= 11 is 0. The highest BCUT2D eigenvalue weighted by Gasteiger charge is 2.23. The van der Waals surface area contributed by atoms with Crippen molar-refractivity contribution in [2.75, 3.05) is 19.7 Å². The van der Waals surface area contributed by atoms with E-state index in [1.54, 1.807) is 24.3 Å². The molecule has 0 aliphatic carbocycles. The van der Waals surface area contributed by atoms with Gasteiger partial charge >= 0.3 is 0 Å². The van der Waals surface area contributed by atoms with Gasteiger partial charge in [-0.2, -0.15) is 0 Å². The molecule has 0 spiro atoms. The maximum atomic E-state index is 10.8. The highest BCUT2D eigenvalue weighted by Crippen LogP contribution is 2.22. The number of hydrogen-bond acceptors (Lipinski definition) is 6. The normalized spacial score (nSPS) is 17.2. The highest BCUT2D eigenvalue weighted by molar-refractivity contribution is 5.36. The van der Waals surface area contributed by atoms with Crippen LogP contribution in [0.2, 0.25) is 0 Å². The molecule has 1 aliphatic heterocycles. The zero-order valence-corrected chi connectivity index (χ0v) is 15.5. The number of nitro groups is 2. The molecule has 2 aromatic rings. The van der Waals surface area contributed by atoms with Crippen LogP contribution in [0.15, 0.2) is 48.5 Å². The summed E-state index contributed by atoms with van der Waals surface area (Å²) in [6.45, 7) is 2.41. The van der Waals surface area contributed by atoms with Gasteiger partial charge in [-0.1, -0.05) is 18.6 Å². The van der Waals surface area contributed by atoms with Gasteiger partial charge in [0.1, 0.15) is 12.4 Å². The van der Waals surface area contributed by atoms with Gasteiger partial charge < -0.3 is 4.74 Å². The van der Waals surface area contributed by atoms with Crippen molar-refractivity contribution in [3.8, 4) is 5.75 Å². The Labute approximate surface area is 163 Å². The molecule has 0 radical (unpaired) electrons. The molecule has 1 saturated heterocycles. The Kier molecular flexibility index (Phi) is 6.54. The van der Waals surface area contributed by atoms with Crippen molar-refractivity contribution in [2.24, 2.45) is 0 Å². The summed E-state index contributed by atoms with van der Waals surface area (Å²) in [5.41, 5.74) is 1.23. The van der Waals surface area contributed by atoms with Crippen LogP contribution < -0.4 is 4.74 Å². The lowest BCUT2D eigenvalue weighted by molar-refractivity contribution is -0.385. The summed E-state index contributed by atoms with van der Waals surface area (Å²) in [5.74, 6) is 0.631. The largest absolute Gasteiger partial charge is 0.492 e. The number of rotatable bonds is 8. The van der Waals surface area contributed by atoms with Gasteiger partial charge in [-0.25, -0.2) is 0 Å². The number of nitrogens with zero attached hydrogens (tertiary/aromatic N) is 3. The van der Waals surface area contributed by atoms with E-state index in [4.69, 9.17) is 4.74 Å². The van der Waals surface area contributed by atoms with Crippen molar-refractivity contribution < 1.29 is 14.6 Å². The van der Waals surface area contributed by atoms with Gasteiger partial charge in [0.15, 0.2) is 0 Å². The summed E-state index contributed by atoms with van der Waals surface area (Å²) in [4.78, 5) is 23.1. The number of piperidine rings is 1. The molecule has 28 heavy (non-hydrogen) atoms. The molecule has 0 bridgehead atoms. The van der Waals surface area contributed by atoms with Crippen LogP contribution in [0.25, 0.3) is 0 Å². The Morgan fingerprint density at radius 2 is 1.54 bits per heavy atom. The zero-order valence-electron chi connectivity index (χ0n) is 15.5. The van der Waals surface area contributed by atoms with Gasteiger partial charge in [0, 0.05) is 36.9 Å². The molecule has 1 unspecified atom stereocenters. The van der Waals surface area contributed by atoms with Crippen LogP contribution in [-0.2, 0) is 6.42 Å². The Hall–Kier alpha value is -3.00. The van der Waals surface area contributed by atoms with E-state index in [2.05, 4.69) is 4.90 Å². The van der Waals surface area contributed by atoms with Crippen LogP contribution in [0.1, 0.15) is 24.8 Å². The quantitative estimate of drug-likeness (QED) is 0.503.